The lowest BCUT2D eigenvalue weighted by Crippen LogP contribution is -2.44. The molecule has 0 bridgehead atoms. The molecular formula is C18H15N3O3. The molecule has 1 amide bonds. The maximum absolute atomic E-state index is 13.0. The van der Waals surface area contributed by atoms with Gasteiger partial charge in [0.25, 0.3) is 12.5 Å². The highest BCUT2D eigenvalue weighted by atomic mass is 16.6. The molecule has 0 N–H and O–H groups in total. The fourth-order valence-electron chi connectivity index (χ4n) is 3.09. The van der Waals surface area contributed by atoms with E-state index in [1.54, 1.807) is 4.90 Å². The predicted octanol–water partition coefficient (Wildman–Crippen LogP) is 1.50. The molecule has 24 heavy (non-hydrogen) atoms. The second-order valence-corrected chi connectivity index (χ2v) is 5.71. The number of para-hydroxylation sites is 2. The van der Waals surface area contributed by atoms with Crippen molar-refractivity contribution in [1.29, 1.82) is 0 Å². The van der Waals surface area contributed by atoms with Gasteiger partial charge >= 0.3 is 0 Å². The van der Waals surface area contributed by atoms with E-state index in [1.165, 1.54) is 10.9 Å². The number of amides is 1. The highest BCUT2D eigenvalue weighted by Crippen LogP contribution is 2.35. The van der Waals surface area contributed by atoms with E-state index in [-0.39, 0.29) is 12.5 Å². The molecule has 0 unspecified atom stereocenters. The summed E-state index contributed by atoms with van der Waals surface area (Å²) in [6, 6.07) is 15.8. The first kappa shape index (κ1) is 14.4. The second kappa shape index (κ2) is 5.81. The van der Waals surface area contributed by atoms with Gasteiger partial charge in [-0.15, -0.1) is 0 Å². The van der Waals surface area contributed by atoms with E-state index in [1.807, 2.05) is 48.5 Å². The molecule has 0 saturated carbocycles. The summed E-state index contributed by atoms with van der Waals surface area (Å²) in [7, 11) is 0. The lowest BCUT2D eigenvalue weighted by Gasteiger charge is -2.23. The van der Waals surface area contributed by atoms with E-state index in [0.29, 0.717) is 0 Å². The molecule has 2 aromatic carbocycles. The summed E-state index contributed by atoms with van der Waals surface area (Å²) in [4.78, 5) is 14.7. The van der Waals surface area contributed by atoms with Crippen LogP contribution in [0.3, 0.4) is 0 Å². The molecule has 3 aromatic rings. The number of hydrogen-bond acceptors (Lipinski definition) is 4. The lowest BCUT2D eigenvalue weighted by molar-refractivity contribution is -0.751. The minimum Gasteiger partial charge on any atom is -0.539 e. The molecule has 0 spiro atoms. The zero-order valence-corrected chi connectivity index (χ0v) is 12.9. The predicted molar refractivity (Wildman–Crippen MR) is 83.6 cm³/mol. The van der Waals surface area contributed by atoms with Gasteiger partial charge < -0.3 is 9.63 Å². The van der Waals surface area contributed by atoms with Gasteiger partial charge in [0.15, 0.2) is 0 Å². The Bertz CT molecular complexity index is 856. The van der Waals surface area contributed by atoms with Gasteiger partial charge in [-0.2, -0.15) is 0 Å². The number of nitrogens with zero attached hydrogens (tertiary/aromatic N) is 3. The topological polar surface area (TPSA) is 73.3 Å². The van der Waals surface area contributed by atoms with E-state index in [2.05, 4.69) is 9.79 Å². The molecule has 120 valence electrons. The van der Waals surface area contributed by atoms with Crippen LogP contribution in [-0.2, 0) is 24.2 Å². The first-order valence-electron chi connectivity index (χ1n) is 7.74. The van der Waals surface area contributed by atoms with Crippen LogP contribution in [-0.4, -0.2) is 11.2 Å². The summed E-state index contributed by atoms with van der Waals surface area (Å²) in [5.74, 6) is -0.741. The molecule has 1 aromatic heterocycles. The Kier molecular flexibility index (Phi) is 3.49. The first-order valence-corrected chi connectivity index (χ1v) is 7.74. The van der Waals surface area contributed by atoms with Crippen molar-refractivity contribution in [2.45, 2.75) is 19.4 Å². The number of rotatable bonds is 2. The van der Waals surface area contributed by atoms with Gasteiger partial charge in [-0.05, 0) is 36.1 Å². The minimum absolute atomic E-state index is 0.0611. The SMILES string of the molecule is O=C(C[n+]1cc([O-])on1)N1c2ccccc2CCc2ccccc21. The monoisotopic (exact) mass is 321 g/mol. The average molecular weight is 321 g/mol. The molecule has 4 rings (SSSR count). The van der Waals surface area contributed by atoms with Crippen molar-refractivity contribution < 1.29 is 19.1 Å². The maximum Gasteiger partial charge on any atom is 0.300 e. The molecule has 6 heteroatoms. The van der Waals surface area contributed by atoms with E-state index < -0.39 is 5.95 Å². The van der Waals surface area contributed by atoms with Crippen molar-refractivity contribution in [3.63, 3.8) is 0 Å². The van der Waals surface area contributed by atoms with Crippen LogP contribution in [0.15, 0.2) is 59.3 Å². The molecule has 0 fully saturated rings. The fraction of sp³-hybridized carbons (Fsp3) is 0.167. The first-order chi connectivity index (χ1) is 11.7. The quantitative estimate of drug-likeness (QED) is 0.671. The largest absolute Gasteiger partial charge is 0.539 e. The van der Waals surface area contributed by atoms with Gasteiger partial charge in [0, 0.05) is 0 Å². The van der Waals surface area contributed by atoms with Crippen LogP contribution in [0.4, 0.5) is 11.4 Å². The maximum atomic E-state index is 13.0. The summed E-state index contributed by atoms with van der Waals surface area (Å²) in [6.45, 7) is -0.0611. The van der Waals surface area contributed by atoms with Crippen LogP contribution < -0.4 is 14.7 Å². The zero-order valence-electron chi connectivity index (χ0n) is 12.9. The van der Waals surface area contributed by atoms with Gasteiger partial charge in [0.1, 0.15) is 5.95 Å². The number of fused-ring (bicyclic) bond motifs is 2. The molecule has 0 radical (unpaired) electrons. The highest BCUT2D eigenvalue weighted by molar-refractivity contribution is 6.01. The van der Waals surface area contributed by atoms with E-state index in [9.17, 15) is 9.90 Å². The lowest BCUT2D eigenvalue weighted by atomic mass is 10.0. The van der Waals surface area contributed by atoms with Crippen LogP contribution in [0.2, 0.25) is 0 Å². The molecule has 0 saturated heterocycles. The molecule has 0 aliphatic carbocycles. The summed E-state index contributed by atoms with van der Waals surface area (Å²) in [5.41, 5.74) is 3.99. The van der Waals surface area contributed by atoms with Crippen LogP contribution in [0.25, 0.3) is 0 Å². The zero-order chi connectivity index (χ0) is 16.5. The molecule has 6 nitrogen and oxygen atoms in total. The Hall–Kier alpha value is -3.15. The van der Waals surface area contributed by atoms with Crippen molar-refractivity contribution in [3.05, 3.63) is 65.9 Å². The standard InChI is InChI=1S/C18H15N3O3/c22-17(11-20-12-18(23)24-19-20)21-15-7-3-1-5-13(15)9-10-14-6-2-4-8-16(14)21/h1-8,12H,9-11H2. The Balaban J connectivity index is 1.79. The Morgan fingerprint density at radius 2 is 1.67 bits per heavy atom. The van der Waals surface area contributed by atoms with Crippen molar-refractivity contribution >= 4 is 17.3 Å². The van der Waals surface area contributed by atoms with Crippen LogP contribution in [0.5, 0.6) is 5.95 Å². The second-order valence-electron chi connectivity index (χ2n) is 5.71. The van der Waals surface area contributed by atoms with Crippen LogP contribution in [0, 0.1) is 0 Å². The van der Waals surface area contributed by atoms with Crippen LogP contribution in [0.1, 0.15) is 11.1 Å². The Morgan fingerprint density at radius 3 is 2.21 bits per heavy atom. The molecule has 0 atom stereocenters. The molecular weight excluding hydrogens is 306 g/mol. The number of benzene rings is 2. The highest BCUT2D eigenvalue weighted by Gasteiger charge is 2.28. The van der Waals surface area contributed by atoms with Crippen molar-refractivity contribution in [2.75, 3.05) is 4.90 Å². The number of anilines is 2. The normalized spacial score (nSPS) is 13.1. The number of aryl methyl sites for hydroxylation is 2. The van der Waals surface area contributed by atoms with E-state index in [0.717, 1.165) is 35.3 Å². The van der Waals surface area contributed by atoms with Gasteiger partial charge in [0.2, 0.25) is 6.20 Å². The number of hydrogen-bond donors (Lipinski definition) is 0. The Morgan fingerprint density at radius 1 is 1.08 bits per heavy atom. The third-order valence-electron chi connectivity index (χ3n) is 4.17. The number of carbonyl (C=O) groups excluding carboxylic acids is 1. The summed E-state index contributed by atoms with van der Waals surface area (Å²) in [6.07, 6.45) is 2.92. The van der Waals surface area contributed by atoms with Crippen LogP contribution >= 0.6 is 0 Å². The van der Waals surface area contributed by atoms with E-state index in [4.69, 9.17) is 0 Å². The van der Waals surface area contributed by atoms with E-state index >= 15 is 0 Å². The summed E-state index contributed by atoms with van der Waals surface area (Å²) in [5, 5.41) is 14.7. The smallest absolute Gasteiger partial charge is 0.300 e. The van der Waals surface area contributed by atoms with Gasteiger partial charge in [-0.1, -0.05) is 41.1 Å². The number of aromatic nitrogens is 2. The third-order valence-corrected chi connectivity index (χ3v) is 4.17. The molecule has 1 aliphatic heterocycles. The summed E-state index contributed by atoms with van der Waals surface area (Å²) >= 11 is 0. The minimum atomic E-state index is -0.570. The van der Waals surface area contributed by atoms with Gasteiger partial charge in [-0.3, -0.25) is 9.69 Å². The van der Waals surface area contributed by atoms with Gasteiger partial charge in [-0.25, -0.2) is 0 Å². The Labute approximate surface area is 138 Å². The average Bonchev–Trinajstić information content (AvgIpc) is 2.91. The molecule has 2 heterocycles. The van der Waals surface area contributed by atoms with Gasteiger partial charge in [0.05, 0.1) is 16.6 Å². The molecule has 1 aliphatic rings. The number of carbonyl (C=O) groups is 1. The fourth-order valence-corrected chi connectivity index (χ4v) is 3.09. The van der Waals surface area contributed by atoms with Crippen molar-refractivity contribution in [1.82, 2.24) is 5.27 Å². The van der Waals surface area contributed by atoms with Crippen molar-refractivity contribution in [3.8, 4) is 5.95 Å². The third kappa shape index (κ3) is 2.52. The summed E-state index contributed by atoms with van der Waals surface area (Å²) < 4.78 is 5.73. The van der Waals surface area contributed by atoms with Crippen molar-refractivity contribution in [2.24, 2.45) is 0 Å².